The Hall–Kier alpha value is -1.42. The second-order valence-corrected chi connectivity index (χ2v) is 4.28. The van der Waals surface area contributed by atoms with Gasteiger partial charge in [0, 0.05) is 18.9 Å². The molecule has 1 aromatic rings. The Balaban J connectivity index is 2.60. The van der Waals surface area contributed by atoms with E-state index in [9.17, 15) is 9.90 Å². The number of pyridine rings is 1. The molecule has 1 heterocycles. The van der Waals surface area contributed by atoms with Crippen molar-refractivity contribution in [2.24, 2.45) is 0 Å². The summed E-state index contributed by atoms with van der Waals surface area (Å²) in [5, 5.41) is 12.4. The number of amides is 1. The number of nitrogens with one attached hydrogen (secondary N) is 1. The molecule has 0 saturated carbocycles. The predicted molar refractivity (Wildman–Crippen MR) is 62.2 cm³/mol. The molecule has 1 atom stereocenters. The topological polar surface area (TPSA) is 62.2 Å². The highest BCUT2D eigenvalue weighted by atomic mass is 16.3. The van der Waals surface area contributed by atoms with E-state index in [1.54, 1.807) is 19.2 Å². The van der Waals surface area contributed by atoms with Crippen LogP contribution < -0.4 is 5.32 Å². The van der Waals surface area contributed by atoms with Crippen LogP contribution >= 0.6 is 0 Å². The SMILES string of the molecule is CCC(C)(O)CNC(=O)c1cncc(C)c1. The van der Waals surface area contributed by atoms with E-state index in [1.165, 1.54) is 6.20 Å². The van der Waals surface area contributed by atoms with Crippen molar-refractivity contribution in [1.29, 1.82) is 0 Å². The van der Waals surface area contributed by atoms with E-state index in [0.29, 0.717) is 12.0 Å². The molecule has 0 aromatic carbocycles. The molecule has 4 heteroatoms. The van der Waals surface area contributed by atoms with Crippen LogP contribution in [0.5, 0.6) is 0 Å². The van der Waals surface area contributed by atoms with Crippen molar-refractivity contribution in [3.63, 3.8) is 0 Å². The maximum Gasteiger partial charge on any atom is 0.252 e. The predicted octanol–water partition coefficient (Wildman–Crippen LogP) is 1.28. The Kier molecular flexibility index (Phi) is 4.01. The van der Waals surface area contributed by atoms with Crippen molar-refractivity contribution in [2.75, 3.05) is 6.54 Å². The minimum Gasteiger partial charge on any atom is -0.388 e. The smallest absolute Gasteiger partial charge is 0.252 e. The molecule has 0 fully saturated rings. The first-order chi connectivity index (χ1) is 7.44. The molecule has 1 amide bonds. The Morgan fingerprint density at radius 3 is 2.81 bits per heavy atom. The minimum absolute atomic E-state index is 0.204. The fourth-order valence-corrected chi connectivity index (χ4v) is 1.18. The average Bonchev–Trinajstić information content (AvgIpc) is 2.26. The van der Waals surface area contributed by atoms with E-state index in [2.05, 4.69) is 10.3 Å². The van der Waals surface area contributed by atoms with Gasteiger partial charge in [-0.3, -0.25) is 9.78 Å². The molecular formula is C12H18N2O2. The molecule has 4 nitrogen and oxygen atoms in total. The fourth-order valence-electron chi connectivity index (χ4n) is 1.18. The Morgan fingerprint density at radius 1 is 1.56 bits per heavy atom. The summed E-state index contributed by atoms with van der Waals surface area (Å²) in [5.41, 5.74) is 0.606. The van der Waals surface area contributed by atoms with Crippen LogP contribution in [0.3, 0.4) is 0 Å². The van der Waals surface area contributed by atoms with Gasteiger partial charge in [-0.25, -0.2) is 0 Å². The summed E-state index contributed by atoms with van der Waals surface area (Å²) < 4.78 is 0. The molecule has 0 aliphatic carbocycles. The third kappa shape index (κ3) is 3.62. The summed E-state index contributed by atoms with van der Waals surface area (Å²) in [6, 6.07) is 1.77. The zero-order chi connectivity index (χ0) is 12.2. The lowest BCUT2D eigenvalue weighted by molar-refractivity contribution is 0.0518. The van der Waals surface area contributed by atoms with Gasteiger partial charge in [0.25, 0.3) is 5.91 Å². The van der Waals surface area contributed by atoms with E-state index >= 15 is 0 Å². The van der Waals surface area contributed by atoms with Gasteiger partial charge in [0.1, 0.15) is 0 Å². The van der Waals surface area contributed by atoms with Gasteiger partial charge in [0.05, 0.1) is 11.2 Å². The lowest BCUT2D eigenvalue weighted by Gasteiger charge is -2.21. The highest BCUT2D eigenvalue weighted by Gasteiger charge is 2.18. The van der Waals surface area contributed by atoms with E-state index in [4.69, 9.17) is 0 Å². The van der Waals surface area contributed by atoms with Crippen molar-refractivity contribution in [3.05, 3.63) is 29.6 Å². The van der Waals surface area contributed by atoms with E-state index in [1.807, 2.05) is 13.8 Å². The van der Waals surface area contributed by atoms with Crippen molar-refractivity contribution in [1.82, 2.24) is 10.3 Å². The standard InChI is InChI=1S/C12H18N2O2/c1-4-12(3,16)8-14-11(15)10-5-9(2)6-13-7-10/h5-7,16H,4,8H2,1-3H3,(H,14,15). The van der Waals surface area contributed by atoms with E-state index < -0.39 is 5.60 Å². The summed E-state index contributed by atoms with van der Waals surface area (Å²) in [6.07, 6.45) is 3.81. The molecule has 1 aromatic heterocycles. The van der Waals surface area contributed by atoms with Crippen LogP contribution in [0.4, 0.5) is 0 Å². The molecule has 0 aliphatic heterocycles. The lowest BCUT2D eigenvalue weighted by Crippen LogP contribution is -2.40. The zero-order valence-corrected chi connectivity index (χ0v) is 9.95. The molecule has 1 unspecified atom stereocenters. The monoisotopic (exact) mass is 222 g/mol. The van der Waals surface area contributed by atoms with Crippen LogP contribution in [0.15, 0.2) is 18.5 Å². The number of carbonyl (C=O) groups is 1. The molecule has 2 N–H and O–H groups in total. The number of carbonyl (C=O) groups excluding carboxylic acids is 1. The first kappa shape index (κ1) is 12.6. The number of aliphatic hydroxyl groups is 1. The summed E-state index contributed by atoms with van der Waals surface area (Å²) in [7, 11) is 0. The molecule has 88 valence electrons. The van der Waals surface area contributed by atoms with Gasteiger partial charge < -0.3 is 10.4 Å². The largest absolute Gasteiger partial charge is 0.388 e. The fraction of sp³-hybridized carbons (Fsp3) is 0.500. The van der Waals surface area contributed by atoms with Crippen LogP contribution in [0.1, 0.15) is 36.2 Å². The van der Waals surface area contributed by atoms with Gasteiger partial charge in [0.2, 0.25) is 0 Å². The molecular weight excluding hydrogens is 204 g/mol. The van der Waals surface area contributed by atoms with Gasteiger partial charge in [-0.05, 0) is 31.9 Å². The number of aryl methyl sites for hydroxylation is 1. The molecule has 1 rings (SSSR count). The maximum atomic E-state index is 11.7. The summed E-state index contributed by atoms with van der Waals surface area (Å²) >= 11 is 0. The zero-order valence-electron chi connectivity index (χ0n) is 9.95. The molecule has 0 radical (unpaired) electrons. The number of rotatable bonds is 4. The van der Waals surface area contributed by atoms with Gasteiger partial charge >= 0.3 is 0 Å². The molecule has 16 heavy (non-hydrogen) atoms. The van der Waals surface area contributed by atoms with Crippen LogP contribution in [0, 0.1) is 6.92 Å². The molecule has 0 aliphatic rings. The van der Waals surface area contributed by atoms with Crippen molar-refractivity contribution in [3.8, 4) is 0 Å². The summed E-state index contributed by atoms with van der Waals surface area (Å²) in [4.78, 5) is 15.6. The van der Waals surface area contributed by atoms with Crippen LogP contribution in [-0.2, 0) is 0 Å². The van der Waals surface area contributed by atoms with Gasteiger partial charge in [-0.1, -0.05) is 6.92 Å². The van der Waals surface area contributed by atoms with Crippen LogP contribution in [0.25, 0.3) is 0 Å². The quantitative estimate of drug-likeness (QED) is 0.806. The molecule has 0 spiro atoms. The van der Waals surface area contributed by atoms with E-state index in [0.717, 1.165) is 5.56 Å². The van der Waals surface area contributed by atoms with Gasteiger partial charge in [-0.2, -0.15) is 0 Å². The Labute approximate surface area is 95.7 Å². The highest BCUT2D eigenvalue weighted by Crippen LogP contribution is 2.07. The Morgan fingerprint density at radius 2 is 2.25 bits per heavy atom. The highest BCUT2D eigenvalue weighted by molar-refractivity contribution is 5.94. The third-order valence-electron chi connectivity index (χ3n) is 2.53. The first-order valence-corrected chi connectivity index (χ1v) is 5.37. The van der Waals surface area contributed by atoms with Gasteiger partial charge in [0.15, 0.2) is 0 Å². The summed E-state index contributed by atoms with van der Waals surface area (Å²) in [5.74, 6) is -0.204. The third-order valence-corrected chi connectivity index (χ3v) is 2.53. The number of nitrogens with zero attached hydrogens (tertiary/aromatic N) is 1. The summed E-state index contributed by atoms with van der Waals surface area (Å²) in [6.45, 7) is 5.70. The number of hydrogen-bond donors (Lipinski definition) is 2. The van der Waals surface area contributed by atoms with Crippen LogP contribution in [-0.4, -0.2) is 28.1 Å². The lowest BCUT2D eigenvalue weighted by atomic mass is 10.0. The van der Waals surface area contributed by atoms with E-state index in [-0.39, 0.29) is 12.5 Å². The second kappa shape index (κ2) is 5.07. The normalized spacial score (nSPS) is 14.2. The van der Waals surface area contributed by atoms with Crippen molar-refractivity contribution in [2.45, 2.75) is 32.8 Å². The van der Waals surface area contributed by atoms with Crippen molar-refractivity contribution < 1.29 is 9.90 Å². The Bertz CT molecular complexity index is 375. The second-order valence-electron chi connectivity index (χ2n) is 4.28. The van der Waals surface area contributed by atoms with Crippen molar-refractivity contribution >= 4 is 5.91 Å². The number of hydrogen-bond acceptors (Lipinski definition) is 3. The molecule has 0 bridgehead atoms. The molecule has 0 saturated heterocycles. The van der Waals surface area contributed by atoms with Crippen LogP contribution in [0.2, 0.25) is 0 Å². The minimum atomic E-state index is -0.854. The number of aromatic nitrogens is 1. The van der Waals surface area contributed by atoms with Gasteiger partial charge in [-0.15, -0.1) is 0 Å². The average molecular weight is 222 g/mol. The maximum absolute atomic E-state index is 11.7. The first-order valence-electron chi connectivity index (χ1n) is 5.37.